The highest BCUT2D eigenvalue weighted by molar-refractivity contribution is 5.56. The van der Waals surface area contributed by atoms with Crippen LogP contribution in [0.4, 0.5) is 0 Å². The number of aromatic nitrogens is 2. The molecule has 0 aromatic carbocycles. The summed E-state index contributed by atoms with van der Waals surface area (Å²) in [5, 5.41) is 10.3. The van der Waals surface area contributed by atoms with Gasteiger partial charge in [0.05, 0.1) is 6.20 Å². The van der Waals surface area contributed by atoms with E-state index in [0.717, 1.165) is 41.4 Å². The Morgan fingerprint density at radius 1 is 1.53 bits per heavy atom. The van der Waals surface area contributed by atoms with E-state index in [9.17, 15) is 0 Å². The predicted molar refractivity (Wildman–Crippen MR) is 67.5 cm³/mol. The number of hydrogen-bond acceptors (Lipinski definition) is 3. The molecule has 0 atom stereocenters. The first kappa shape index (κ1) is 11.7. The third kappa shape index (κ3) is 2.85. The molecule has 4 heteroatoms. The molecule has 0 unspecified atom stereocenters. The van der Waals surface area contributed by atoms with Crippen molar-refractivity contribution in [1.29, 1.82) is 0 Å². The summed E-state index contributed by atoms with van der Waals surface area (Å²) in [7, 11) is 0. The van der Waals surface area contributed by atoms with Crippen molar-refractivity contribution in [2.24, 2.45) is 0 Å². The van der Waals surface area contributed by atoms with Crippen LogP contribution in [0.15, 0.2) is 34.9 Å². The maximum atomic E-state index is 5.58. The van der Waals surface area contributed by atoms with Crippen LogP contribution >= 0.6 is 0 Å². The zero-order valence-electron chi connectivity index (χ0n) is 10.2. The second kappa shape index (κ2) is 5.01. The van der Waals surface area contributed by atoms with E-state index in [2.05, 4.69) is 22.1 Å². The Bertz CT molecular complexity index is 510. The van der Waals surface area contributed by atoms with Gasteiger partial charge < -0.3 is 9.73 Å². The third-order valence-electron chi connectivity index (χ3n) is 2.45. The molecule has 2 heterocycles. The smallest absolute Gasteiger partial charge is 0.152 e. The Morgan fingerprint density at radius 3 is 3.00 bits per heavy atom. The van der Waals surface area contributed by atoms with Crippen LogP contribution in [0.1, 0.15) is 18.2 Å². The van der Waals surface area contributed by atoms with Crippen molar-refractivity contribution in [3.05, 3.63) is 41.8 Å². The van der Waals surface area contributed by atoms with Crippen LogP contribution in [0.2, 0.25) is 0 Å². The van der Waals surface area contributed by atoms with Crippen LogP contribution in [-0.4, -0.2) is 16.7 Å². The molecule has 4 nitrogen and oxygen atoms in total. The highest BCUT2D eigenvalue weighted by Gasteiger charge is 2.10. The van der Waals surface area contributed by atoms with Gasteiger partial charge in [0.25, 0.3) is 0 Å². The number of rotatable bonds is 5. The summed E-state index contributed by atoms with van der Waals surface area (Å²) in [4.78, 5) is 0. The van der Waals surface area contributed by atoms with Crippen LogP contribution in [0, 0.1) is 6.92 Å². The highest BCUT2D eigenvalue weighted by atomic mass is 16.3. The molecule has 0 aliphatic carbocycles. The minimum Gasteiger partial charge on any atom is -0.460 e. The molecule has 0 saturated carbocycles. The van der Waals surface area contributed by atoms with E-state index < -0.39 is 0 Å². The lowest BCUT2D eigenvalue weighted by Gasteiger charge is -2.03. The lowest BCUT2D eigenvalue weighted by molar-refractivity contribution is 0.545. The van der Waals surface area contributed by atoms with Gasteiger partial charge in [0.1, 0.15) is 11.5 Å². The molecule has 0 amide bonds. The summed E-state index contributed by atoms with van der Waals surface area (Å²) in [6.07, 6.45) is 1.82. The lowest BCUT2D eigenvalue weighted by Crippen LogP contribution is -2.15. The summed E-state index contributed by atoms with van der Waals surface area (Å²) in [6.45, 7) is 9.34. The van der Waals surface area contributed by atoms with E-state index in [-0.39, 0.29) is 0 Å². The molecule has 0 bridgehead atoms. The number of H-pyrrole nitrogens is 1. The topological polar surface area (TPSA) is 53.9 Å². The maximum Gasteiger partial charge on any atom is 0.152 e. The van der Waals surface area contributed by atoms with Gasteiger partial charge >= 0.3 is 0 Å². The molecule has 0 radical (unpaired) electrons. The molecule has 2 aromatic rings. The second-order valence-corrected chi connectivity index (χ2v) is 4.24. The van der Waals surface area contributed by atoms with Crippen LogP contribution < -0.4 is 5.32 Å². The van der Waals surface area contributed by atoms with Crippen molar-refractivity contribution in [3.63, 3.8) is 0 Å². The number of nitrogens with zero attached hydrogens (tertiary/aromatic N) is 1. The normalized spacial score (nSPS) is 10.7. The molecular weight excluding hydrogens is 214 g/mol. The quantitative estimate of drug-likeness (QED) is 0.778. The first-order valence-electron chi connectivity index (χ1n) is 5.61. The Balaban J connectivity index is 2.09. The molecule has 2 rings (SSSR count). The number of hydrogen-bond donors (Lipinski definition) is 2. The van der Waals surface area contributed by atoms with Crippen molar-refractivity contribution in [2.75, 3.05) is 6.54 Å². The second-order valence-electron chi connectivity index (χ2n) is 4.24. The van der Waals surface area contributed by atoms with Crippen molar-refractivity contribution in [1.82, 2.24) is 15.5 Å². The average molecular weight is 231 g/mol. The van der Waals surface area contributed by atoms with E-state index in [1.165, 1.54) is 0 Å². The summed E-state index contributed by atoms with van der Waals surface area (Å²) in [5.41, 5.74) is 3.15. The standard InChI is InChI=1S/C13H17N3O/c1-9(2)6-14-7-11-8-15-16-13(11)12-5-4-10(3)17-12/h4-5,8,14H,1,6-7H2,2-3H3,(H,15,16). The van der Waals surface area contributed by atoms with Gasteiger partial charge in [0, 0.05) is 18.7 Å². The van der Waals surface area contributed by atoms with Crippen molar-refractivity contribution < 1.29 is 4.42 Å². The molecule has 2 aromatic heterocycles. The minimum absolute atomic E-state index is 0.748. The van der Waals surface area contributed by atoms with E-state index in [1.807, 2.05) is 32.2 Å². The Morgan fingerprint density at radius 2 is 2.35 bits per heavy atom. The number of nitrogens with one attached hydrogen (secondary N) is 2. The molecule has 90 valence electrons. The van der Waals surface area contributed by atoms with Crippen molar-refractivity contribution >= 4 is 0 Å². The Hall–Kier alpha value is -1.81. The zero-order chi connectivity index (χ0) is 12.3. The third-order valence-corrected chi connectivity index (χ3v) is 2.45. The van der Waals surface area contributed by atoms with Gasteiger partial charge in [0.15, 0.2) is 5.76 Å². The van der Waals surface area contributed by atoms with E-state index in [4.69, 9.17) is 4.42 Å². The fourth-order valence-electron chi connectivity index (χ4n) is 1.64. The first-order chi connectivity index (χ1) is 8.16. The van der Waals surface area contributed by atoms with Gasteiger partial charge in [-0.1, -0.05) is 12.2 Å². The molecule has 2 N–H and O–H groups in total. The Labute approximate surface area is 101 Å². The number of aromatic amines is 1. The summed E-state index contributed by atoms with van der Waals surface area (Å²) < 4.78 is 5.58. The minimum atomic E-state index is 0.748. The molecule has 0 aliphatic rings. The molecule has 0 saturated heterocycles. The average Bonchev–Trinajstić information content (AvgIpc) is 2.86. The first-order valence-corrected chi connectivity index (χ1v) is 5.61. The van der Waals surface area contributed by atoms with Gasteiger partial charge in [-0.05, 0) is 26.0 Å². The number of aryl methyl sites for hydroxylation is 1. The molecule has 0 fully saturated rings. The summed E-state index contributed by atoms with van der Waals surface area (Å²) in [5.74, 6) is 1.72. The summed E-state index contributed by atoms with van der Waals surface area (Å²) >= 11 is 0. The number of furan rings is 1. The van der Waals surface area contributed by atoms with E-state index >= 15 is 0 Å². The SMILES string of the molecule is C=C(C)CNCc1cn[nH]c1-c1ccc(C)o1. The van der Waals surface area contributed by atoms with Gasteiger partial charge in [-0.2, -0.15) is 5.10 Å². The van der Waals surface area contributed by atoms with E-state index in [0.29, 0.717) is 0 Å². The van der Waals surface area contributed by atoms with Crippen molar-refractivity contribution in [2.45, 2.75) is 20.4 Å². The van der Waals surface area contributed by atoms with Gasteiger partial charge in [-0.15, -0.1) is 0 Å². The van der Waals surface area contributed by atoms with E-state index in [1.54, 1.807) is 0 Å². The maximum absolute atomic E-state index is 5.58. The largest absolute Gasteiger partial charge is 0.460 e. The predicted octanol–water partition coefficient (Wildman–Crippen LogP) is 2.64. The van der Waals surface area contributed by atoms with Crippen LogP contribution in [-0.2, 0) is 6.54 Å². The molecule has 0 aliphatic heterocycles. The fraction of sp³-hybridized carbons (Fsp3) is 0.308. The van der Waals surface area contributed by atoms with Crippen LogP contribution in [0.5, 0.6) is 0 Å². The van der Waals surface area contributed by atoms with Gasteiger partial charge in [-0.25, -0.2) is 0 Å². The summed E-state index contributed by atoms with van der Waals surface area (Å²) in [6, 6.07) is 3.90. The molecule has 0 spiro atoms. The highest BCUT2D eigenvalue weighted by Crippen LogP contribution is 2.23. The molecule has 17 heavy (non-hydrogen) atoms. The Kier molecular flexibility index (Phi) is 3.44. The van der Waals surface area contributed by atoms with Gasteiger partial charge in [0.2, 0.25) is 0 Å². The van der Waals surface area contributed by atoms with Gasteiger partial charge in [-0.3, -0.25) is 5.10 Å². The zero-order valence-corrected chi connectivity index (χ0v) is 10.2. The van der Waals surface area contributed by atoms with Crippen molar-refractivity contribution in [3.8, 4) is 11.5 Å². The fourth-order valence-corrected chi connectivity index (χ4v) is 1.64. The molecular formula is C13H17N3O. The van der Waals surface area contributed by atoms with Crippen LogP contribution in [0.3, 0.4) is 0 Å². The lowest BCUT2D eigenvalue weighted by atomic mass is 10.2. The monoisotopic (exact) mass is 231 g/mol. The van der Waals surface area contributed by atoms with Crippen LogP contribution in [0.25, 0.3) is 11.5 Å².